The van der Waals surface area contributed by atoms with E-state index in [1.54, 1.807) is 21.2 Å². The molecule has 0 saturated carbocycles. The van der Waals surface area contributed by atoms with Crippen LogP contribution in [0.3, 0.4) is 0 Å². The first kappa shape index (κ1) is 17.9. The van der Waals surface area contributed by atoms with Crippen molar-refractivity contribution in [2.75, 3.05) is 47.4 Å². The number of amides is 2. The van der Waals surface area contributed by atoms with E-state index in [1.807, 2.05) is 20.8 Å². The first-order chi connectivity index (χ1) is 8.76. The highest BCUT2D eigenvalue weighted by Crippen LogP contribution is 2.08. The molecule has 0 radical (unpaired) electrons. The first-order valence-corrected chi connectivity index (χ1v) is 6.49. The molecule has 2 amide bonds. The summed E-state index contributed by atoms with van der Waals surface area (Å²) in [6.45, 7) is 7.16. The van der Waals surface area contributed by atoms with E-state index in [1.165, 1.54) is 9.80 Å². The van der Waals surface area contributed by atoms with E-state index in [2.05, 4.69) is 5.32 Å². The second kappa shape index (κ2) is 8.12. The number of nitrogens with one attached hydrogen (secondary N) is 1. The zero-order chi connectivity index (χ0) is 15.1. The molecule has 0 aliphatic heterocycles. The molecule has 0 bridgehead atoms. The second-order valence-electron chi connectivity index (χ2n) is 5.16. The van der Waals surface area contributed by atoms with Crippen molar-refractivity contribution >= 4 is 11.8 Å². The van der Waals surface area contributed by atoms with Gasteiger partial charge in [-0.1, -0.05) is 6.92 Å². The molecule has 112 valence electrons. The molecule has 6 heteroatoms. The maximum atomic E-state index is 12.5. The van der Waals surface area contributed by atoms with Gasteiger partial charge in [0, 0.05) is 27.7 Å². The molecule has 0 aromatic heterocycles. The number of ether oxygens (including phenoxy) is 1. The summed E-state index contributed by atoms with van der Waals surface area (Å²) in [5.41, 5.74) is -0.685. The Kier molecular flexibility index (Phi) is 7.63. The van der Waals surface area contributed by atoms with Crippen LogP contribution in [-0.4, -0.2) is 74.6 Å². The molecule has 19 heavy (non-hydrogen) atoms. The Morgan fingerprint density at radius 1 is 1.26 bits per heavy atom. The number of nitrogens with zero attached hydrogens (tertiary/aromatic N) is 2. The van der Waals surface area contributed by atoms with Crippen molar-refractivity contribution in [3.8, 4) is 0 Å². The maximum absolute atomic E-state index is 12.5. The zero-order valence-electron chi connectivity index (χ0n) is 12.9. The molecule has 0 aromatic rings. The average molecular weight is 273 g/mol. The van der Waals surface area contributed by atoms with E-state index >= 15 is 0 Å². The number of likely N-dealkylation sites (N-methyl/N-ethyl adjacent to an activating group) is 2. The first-order valence-electron chi connectivity index (χ1n) is 6.49. The highest BCUT2D eigenvalue weighted by Gasteiger charge is 2.32. The predicted molar refractivity (Wildman–Crippen MR) is 74.9 cm³/mol. The molecule has 0 aliphatic carbocycles. The minimum Gasteiger partial charge on any atom is -0.383 e. The number of hydrogen-bond acceptors (Lipinski definition) is 4. The van der Waals surface area contributed by atoms with E-state index in [0.717, 1.165) is 0 Å². The minimum absolute atomic E-state index is 0.0734. The SMILES string of the molecule is CCNC(C)(C)C(=O)N(CCOC)CC(=O)N(C)C. The monoisotopic (exact) mass is 273 g/mol. The van der Waals surface area contributed by atoms with Gasteiger partial charge in [0.25, 0.3) is 0 Å². The van der Waals surface area contributed by atoms with Gasteiger partial charge in [0.15, 0.2) is 0 Å². The lowest BCUT2D eigenvalue weighted by Gasteiger charge is -2.32. The molecular weight excluding hydrogens is 246 g/mol. The lowest BCUT2D eigenvalue weighted by Crippen LogP contribution is -2.56. The summed E-state index contributed by atoms with van der Waals surface area (Å²) in [4.78, 5) is 27.2. The fourth-order valence-corrected chi connectivity index (χ4v) is 1.67. The molecule has 0 spiro atoms. The van der Waals surface area contributed by atoms with Gasteiger partial charge in [0.1, 0.15) is 0 Å². The lowest BCUT2D eigenvalue weighted by atomic mass is 10.0. The largest absolute Gasteiger partial charge is 0.383 e. The second-order valence-corrected chi connectivity index (χ2v) is 5.16. The van der Waals surface area contributed by atoms with Crippen LogP contribution in [0.5, 0.6) is 0 Å². The van der Waals surface area contributed by atoms with Gasteiger partial charge in [-0.2, -0.15) is 0 Å². The third kappa shape index (κ3) is 6.02. The smallest absolute Gasteiger partial charge is 0.242 e. The molecule has 0 heterocycles. The van der Waals surface area contributed by atoms with Crippen LogP contribution in [0.4, 0.5) is 0 Å². The Labute approximate surface area is 116 Å². The summed E-state index contributed by atoms with van der Waals surface area (Å²) in [5.74, 6) is -0.196. The van der Waals surface area contributed by atoms with Gasteiger partial charge in [-0.05, 0) is 20.4 Å². The van der Waals surface area contributed by atoms with Gasteiger partial charge in [0.2, 0.25) is 11.8 Å². The molecule has 0 aliphatic rings. The Hall–Kier alpha value is -1.14. The number of methoxy groups -OCH3 is 1. The summed E-state index contributed by atoms with van der Waals surface area (Å²) < 4.78 is 5.00. The molecule has 0 saturated heterocycles. The molecule has 1 N–H and O–H groups in total. The number of rotatable bonds is 8. The minimum atomic E-state index is -0.685. The summed E-state index contributed by atoms with van der Waals surface area (Å²) >= 11 is 0. The van der Waals surface area contributed by atoms with Gasteiger partial charge >= 0.3 is 0 Å². The van der Waals surface area contributed by atoms with Crippen molar-refractivity contribution in [1.29, 1.82) is 0 Å². The topological polar surface area (TPSA) is 61.9 Å². The van der Waals surface area contributed by atoms with Crippen LogP contribution in [0.15, 0.2) is 0 Å². The molecule has 0 fully saturated rings. The number of hydrogen-bond donors (Lipinski definition) is 1. The summed E-state index contributed by atoms with van der Waals surface area (Å²) in [7, 11) is 4.93. The fourth-order valence-electron chi connectivity index (χ4n) is 1.67. The van der Waals surface area contributed by atoms with E-state index in [9.17, 15) is 9.59 Å². The lowest BCUT2D eigenvalue weighted by molar-refractivity contribution is -0.143. The van der Waals surface area contributed by atoms with Crippen molar-refractivity contribution in [3.05, 3.63) is 0 Å². The standard InChI is InChI=1S/C13H27N3O3/c1-7-14-13(2,3)12(18)16(8-9-19-6)10-11(17)15(4)5/h14H,7-10H2,1-6H3. The van der Waals surface area contributed by atoms with Crippen molar-refractivity contribution in [2.45, 2.75) is 26.3 Å². The van der Waals surface area contributed by atoms with Crippen LogP contribution in [-0.2, 0) is 14.3 Å². The Balaban J connectivity index is 4.82. The van der Waals surface area contributed by atoms with Crippen molar-refractivity contribution in [3.63, 3.8) is 0 Å². The third-order valence-corrected chi connectivity index (χ3v) is 2.83. The van der Waals surface area contributed by atoms with Gasteiger partial charge in [-0.15, -0.1) is 0 Å². The molecular formula is C13H27N3O3. The molecule has 0 rings (SSSR count). The van der Waals surface area contributed by atoms with Crippen LogP contribution >= 0.6 is 0 Å². The fraction of sp³-hybridized carbons (Fsp3) is 0.846. The number of carbonyl (C=O) groups excluding carboxylic acids is 2. The molecule has 6 nitrogen and oxygen atoms in total. The van der Waals surface area contributed by atoms with Crippen LogP contribution in [0.1, 0.15) is 20.8 Å². The highest BCUT2D eigenvalue weighted by molar-refractivity contribution is 5.89. The van der Waals surface area contributed by atoms with Gasteiger partial charge in [0.05, 0.1) is 18.7 Å². The molecule has 0 aromatic carbocycles. The van der Waals surface area contributed by atoms with Crippen LogP contribution < -0.4 is 5.32 Å². The van der Waals surface area contributed by atoms with E-state index in [4.69, 9.17) is 4.74 Å². The Bertz CT molecular complexity index is 304. The zero-order valence-corrected chi connectivity index (χ0v) is 12.9. The molecule has 0 unspecified atom stereocenters. The molecule has 0 atom stereocenters. The quantitative estimate of drug-likeness (QED) is 0.673. The normalized spacial score (nSPS) is 11.3. The average Bonchev–Trinajstić information content (AvgIpc) is 2.32. The van der Waals surface area contributed by atoms with E-state index < -0.39 is 5.54 Å². The van der Waals surface area contributed by atoms with E-state index in [0.29, 0.717) is 19.7 Å². The van der Waals surface area contributed by atoms with Crippen LogP contribution in [0, 0.1) is 0 Å². The summed E-state index contributed by atoms with van der Waals surface area (Å²) in [6.07, 6.45) is 0. The van der Waals surface area contributed by atoms with Crippen molar-refractivity contribution in [2.24, 2.45) is 0 Å². The summed E-state index contributed by atoms with van der Waals surface area (Å²) in [5, 5.41) is 3.12. The highest BCUT2D eigenvalue weighted by atomic mass is 16.5. The predicted octanol–water partition coefficient (Wildman–Crippen LogP) is -0.0623. The van der Waals surface area contributed by atoms with Crippen LogP contribution in [0.25, 0.3) is 0 Å². The Morgan fingerprint density at radius 3 is 2.26 bits per heavy atom. The van der Waals surface area contributed by atoms with Gasteiger partial charge in [-0.25, -0.2) is 0 Å². The Morgan fingerprint density at radius 2 is 1.84 bits per heavy atom. The maximum Gasteiger partial charge on any atom is 0.242 e. The van der Waals surface area contributed by atoms with E-state index in [-0.39, 0.29) is 18.4 Å². The van der Waals surface area contributed by atoms with Crippen molar-refractivity contribution in [1.82, 2.24) is 15.1 Å². The van der Waals surface area contributed by atoms with Crippen LogP contribution in [0.2, 0.25) is 0 Å². The van der Waals surface area contributed by atoms with Crippen molar-refractivity contribution < 1.29 is 14.3 Å². The third-order valence-electron chi connectivity index (χ3n) is 2.83. The number of carbonyl (C=O) groups is 2. The van der Waals surface area contributed by atoms with Gasteiger partial charge in [-0.3, -0.25) is 9.59 Å². The summed E-state index contributed by atoms with van der Waals surface area (Å²) in [6, 6.07) is 0. The van der Waals surface area contributed by atoms with Gasteiger partial charge < -0.3 is 19.9 Å².